The maximum absolute atomic E-state index is 10.4. The van der Waals surface area contributed by atoms with Gasteiger partial charge in [-0.3, -0.25) is 4.79 Å². The second-order valence-electron chi connectivity index (χ2n) is 2.76. The van der Waals surface area contributed by atoms with Crippen LogP contribution in [0.4, 0.5) is 0 Å². The molecule has 0 saturated heterocycles. The van der Waals surface area contributed by atoms with Crippen LogP contribution in [0.15, 0.2) is 36.4 Å². The van der Waals surface area contributed by atoms with Gasteiger partial charge in [-0.25, -0.2) is 0 Å². The first-order valence-corrected chi connectivity index (χ1v) is 4.02. The Kier molecular flexibility index (Phi) is 3.26. The van der Waals surface area contributed by atoms with Gasteiger partial charge >= 0.3 is 0 Å². The number of hydrogen-bond donors (Lipinski definition) is 0. The highest BCUT2D eigenvalue weighted by molar-refractivity contribution is 5.73. The Morgan fingerprint density at radius 1 is 1.54 bits per heavy atom. The van der Waals surface area contributed by atoms with Crippen LogP contribution in [0.5, 0.6) is 5.75 Å². The SMILES string of the molecule is C=C(C=O)Cc1ccccc1OC. The number of hydrogen-bond acceptors (Lipinski definition) is 2. The summed E-state index contributed by atoms with van der Waals surface area (Å²) in [4.78, 5) is 10.4. The number of allylic oxidation sites excluding steroid dienone is 1. The summed E-state index contributed by atoms with van der Waals surface area (Å²) in [5, 5.41) is 0. The summed E-state index contributed by atoms with van der Waals surface area (Å²) in [7, 11) is 1.61. The molecule has 2 nitrogen and oxygen atoms in total. The fourth-order valence-electron chi connectivity index (χ4n) is 1.14. The van der Waals surface area contributed by atoms with Crippen molar-refractivity contribution in [2.45, 2.75) is 6.42 Å². The topological polar surface area (TPSA) is 26.3 Å². The molecule has 13 heavy (non-hydrogen) atoms. The molecule has 0 atom stereocenters. The molecule has 0 unspecified atom stereocenters. The zero-order chi connectivity index (χ0) is 9.68. The molecule has 0 aliphatic carbocycles. The van der Waals surface area contributed by atoms with Crippen molar-refractivity contribution in [1.82, 2.24) is 0 Å². The van der Waals surface area contributed by atoms with Crippen molar-refractivity contribution in [3.8, 4) is 5.75 Å². The second-order valence-corrected chi connectivity index (χ2v) is 2.76. The number of carbonyl (C=O) groups is 1. The third-order valence-corrected chi connectivity index (χ3v) is 1.78. The van der Waals surface area contributed by atoms with Crippen LogP contribution >= 0.6 is 0 Å². The van der Waals surface area contributed by atoms with E-state index < -0.39 is 0 Å². The van der Waals surface area contributed by atoms with E-state index in [2.05, 4.69) is 6.58 Å². The Morgan fingerprint density at radius 3 is 2.85 bits per heavy atom. The van der Waals surface area contributed by atoms with Gasteiger partial charge in [0.1, 0.15) is 12.0 Å². The highest BCUT2D eigenvalue weighted by atomic mass is 16.5. The molecule has 68 valence electrons. The number of para-hydroxylation sites is 1. The third kappa shape index (κ3) is 2.44. The molecule has 0 heterocycles. The molecule has 0 spiro atoms. The Morgan fingerprint density at radius 2 is 2.23 bits per heavy atom. The number of rotatable bonds is 4. The summed E-state index contributed by atoms with van der Waals surface area (Å²) in [5.41, 5.74) is 1.55. The minimum Gasteiger partial charge on any atom is -0.496 e. The van der Waals surface area contributed by atoms with E-state index in [0.29, 0.717) is 12.0 Å². The smallest absolute Gasteiger partial charge is 0.145 e. The van der Waals surface area contributed by atoms with Gasteiger partial charge in [-0.05, 0) is 17.2 Å². The molecule has 0 amide bonds. The van der Waals surface area contributed by atoms with Crippen LogP contribution < -0.4 is 4.74 Å². The Labute approximate surface area is 77.8 Å². The predicted molar refractivity (Wildman–Crippen MR) is 51.9 cm³/mol. The Hall–Kier alpha value is -1.57. The summed E-state index contributed by atoms with van der Waals surface area (Å²) in [6, 6.07) is 7.60. The second kappa shape index (κ2) is 4.45. The maximum atomic E-state index is 10.4. The van der Waals surface area contributed by atoms with E-state index in [1.54, 1.807) is 7.11 Å². The minimum absolute atomic E-state index is 0.549. The maximum Gasteiger partial charge on any atom is 0.145 e. The molecule has 0 fully saturated rings. The molecule has 0 aliphatic rings. The van der Waals surface area contributed by atoms with Gasteiger partial charge in [0.2, 0.25) is 0 Å². The van der Waals surface area contributed by atoms with Crippen molar-refractivity contribution in [3.05, 3.63) is 42.0 Å². The zero-order valence-electron chi connectivity index (χ0n) is 7.62. The molecular formula is C11H12O2. The van der Waals surface area contributed by atoms with E-state index in [1.807, 2.05) is 24.3 Å². The first kappa shape index (κ1) is 9.52. The summed E-state index contributed by atoms with van der Waals surface area (Å²) in [5.74, 6) is 0.797. The predicted octanol–water partition coefficient (Wildman–Crippen LogP) is 1.99. The number of ether oxygens (including phenoxy) is 1. The lowest BCUT2D eigenvalue weighted by molar-refractivity contribution is -0.104. The van der Waals surface area contributed by atoms with E-state index in [1.165, 1.54) is 0 Å². The van der Waals surface area contributed by atoms with E-state index >= 15 is 0 Å². The number of methoxy groups -OCH3 is 1. The normalized spacial score (nSPS) is 9.31. The lowest BCUT2D eigenvalue weighted by atomic mass is 10.1. The van der Waals surface area contributed by atoms with Crippen molar-refractivity contribution in [1.29, 1.82) is 0 Å². The first-order valence-electron chi connectivity index (χ1n) is 4.02. The number of aldehydes is 1. The van der Waals surface area contributed by atoms with Gasteiger partial charge in [-0.2, -0.15) is 0 Å². The van der Waals surface area contributed by atoms with Crippen LogP contribution in [0.2, 0.25) is 0 Å². The van der Waals surface area contributed by atoms with Crippen molar-refractivity contribution in [2.24, 2.45) is 0 Å². The molecule has 1 aromatic carbocycles. The average Bonchev–Trinajstić information content (AvgIpc) is 2.18. The van der Waals surface area contributed by atoms with E-state index in [4.69, 9.17) is 4.74 Å². The lowest BCUT2D eigenvalue weighted by Crippen LogP contribution is -1.94. The van der Waals surface area contributed by atoms with E-state index in [9.17, 15) is 4.79 Å². The van der Waals surface area contributed by atoms with Crippen LogP contribution in [-0.4, -0.2) is 13.4 Å². The van der Waals surface area contributed by atoms with Crippen LogP contribution in [0.1, 0.15) is 5.56 Å². The van der Waals surface area contributed by atoms with Crippen molar-refractivity contribution in [3.63, 3.8) is 0 Å². The van der Waals surface area contributed by atoms with Crippen LogP contribution in [0.3, 0.4) is 0 Å². The lowest BCUT2D eigenvalue weighted by Gasteiger charge is -2.06. The Bertz CT molecular complexity index is 316. The van der Waals surface area contributed by atoms with Gasteiger partial charge in [0.25, 0.3) is 0 Å². The number of benzene rings is 1. The summed E-state index contributed by atoms with van der Waals surface area (Å²) in [6.45, 7) is 3.62. The largest absolute Gasteiger partial charge is 0.496 e. The van der Waals surface area contributed by atoms with E-state index in [0.717, 1.165) is 17.6 Å². The standard InChI is InChI=1S/C11H12O2/c1-9(8-12)7-10-5-3-4-6-11(10)13-2/h3-6,8H,1,7H2,2H3. The van der Waals surface area contributed by atoms with Gasteiger partial charge in [-0.15, -0.1) is 0 Å². The summed E-state index contributed by atoms with van der Waals surface area (Å²) in [6.07, 6.45) is 1.32. The third-order valence-electron chi connectivity index (χ3n) is 1.78. The molecule has 0 N–H and O–H groups in total. The fraction of sp³-hybridized carbons (Fsp3) is 0.182. The van der Waals surface area contributed by atoms with Gasteiger partial charge in [0, 0.05) is 6.42 Å². The van der Waals surface area contributed by atoms with Gasteiger partial charge in [0.15, 0.2) is 0 Å². The molecule has 0 radical (unpaired) electrons. The minimum atomic E-state index is 0.549. The van der Waals surface area contributed by atoms with Gasteiger partial charge in [0.05, 0.1) is 7.11 Å². The highest BCUT2D eigenvalue weighted by Crippen LogP contribution is 2.19. The molecule has 0 saturated carbocycles. The monoisotopic (exact) mass is 176 g/mol. The molecule has 0 aliphatic heterocycles. The van der Waals surface area contributed by atoms with Crippen molar-refractivity contribution in [2.75, 3.05) is 7.11 Å². The Balaban J connectivity index is 2.86. The first-order chi connectivity index (χ1) is 6.27. The average molecular weight is 176 g/mol. The molecular weight excluding hydrogens is 164 g/mol. The van der Waals surface area contributed by atoms with Crippen LogP contribution in [0, 0.1) is 0 Å². The van der Waals surface area contributed by atoms with Crippen molar-refractivity contribution >= 4 is 6.29 Å². The van der Waals surface area contributed by atoms with Crippen LogP contribution in [0.25, 0.3) is 0 Å². The van der Waals surface area contributed by atoms with Crippen molar-refractivity contribution < 1.29 is 9.53 Å². The molecule has 2 heteroatoms. The zero-order valence-corrected chi connectivity index (χ0v) is 7.62. The van der Waals surface area contributed by atoms with Gasteiger partial charge < -0.3 is 4.74 Å². The van der Waals surface area contributed by atoms with E-state index in [-0.39, 0.29) is 0 Å². The number of carbonyl (C=O) groups excluding carboxylic acids is 1. The molecule has 0 bridgehead atoms. The quantitative estimate of drug-likeness (QED) is 0.518. The molecule has 1 rings (SSSR count). The summed E-state index contributed by atoms with van der Waals surface area (Å²) < 4.78 is 5.13. The summed E-state index contributed by atoms with van der Waals surface area (Å²) >= 11 is 0. The fourth-order valence-corrected chi connectivity index (χ4v) is 1.14. The van der Waals surface area contributed by atoms with Gasteiger partial charge in [-0.1, -0.05) is 24.8 Å². The molecule has 1 aromatic rings. The highest BCUT2D eigenvalue weighted by Gasteiger charge is 2.02. The van der Waals surface area contributed by atoms with Crippen LogP contribution in [-0.2, 0) is 11.2 Å². The molecule has 0 aromatic heterocycles.